The van der Waals surface area contributed by atoms with Crippen molar-refractivity contribution in [3.05, 3.63) is 11.7 Å². The fraction of sp³-hybridized carbons (Fsp3) is 0.571. The van der Waals surface area contributed by atoms with Crippen LogP contribution in [0.5, 0.6) is 0 Å². The highest BCUT2D eigenvalue weighted by Gasteiger charge is 2.06. The minimum atomic E-state index is 0.119. The van der Waals surface area contributed by atoms with Crippen LogP contribution in [0.4, 0.5) is 0 Å². The van der Waals surface area contributed by atoms with E-state index in [1.807, 2.05) is 6.92 Å². The predicted octanol–water partition coefficient (Wildman–Crippen LogP) is 0.900. The Balaban J connectivity index is 2.57. The molecule has 1 aromatic heterocycles. The van der Waals surface area contributed by atoms with E-state index in [1.54, 1.807) is 6.92 Å². The Hall–Kier alpha value is -1.19. The zero-order chi connectivity index (χ0) is 8.27. The summed E-state index contributed by atoms with van der Waals surface area (Å²) in [7, 11) is 0. The molecule has 0 unspecified atom stereocenters. The van der Waals surface area contributed by atoms with Crippen LogP contribution in [0.15, 0.2) is 4.52 Å². The topological polar surface area (TPSA) is 56.0 Å². The molecule has 0 aromatic carbocycles. The van der Waals surface area contributed by atoms with E-state index in [9.17, 15) is 4.79 Å². The van der Waals surface area contributed by atoms with Crippen molar-refractivity contribution >= 4 is 5.78 Å². The highest BCUT2D eigenvalue weighted by Crippen LogP contribution is 1.98. The minimum absolute atomic E-state index is 0.119. The van der Waals surface area contributed by atoms with Crippen molar-refractivity contribution in [2.24, 2.45) is 0 Å². The summed E-state index contributed by atoms with van der Waals surface area (Å²) in [4.78, 5) is 14.8. The van der Waals surface area contributed by atoms with Gasteiger partial charge >= 0.3 is 0 Å². The second-order valence-electron chi connectivity index (χ2n) is 2.30. The van der Waals surface area contributed by atoms with Crippen LogP contribution in [0.3, 0.4) is 0 Å². The van der Waals surface area contributed by atoms with Crippen LogP contribution in [-0.4, -0.2) is 15.9 Å². The molecule has 11 heavy (non-hydrogen) atoms. The summed E-state index contributed by atoms with van der Waals surface area (Å²) in [6.45, 7) is 3.54. The molecule has 0 radical (unpaired) electrons. The Morgan fingerprint density at radius 3 is 2.82 bits per heavy atom. The van der Waals surface area contributed by atoms with Crippen LogP contribution in [0.1, 0.15) is 25.1 Å². The van der Waals surface area contributed by atoms with E-state index in [0.717, 1.165) is 0 Å². The molecule has 4 nitrogen and oxygen atoms in total. The van der Waals surface area contributed by atoms with Crippen LogP contribution in [0.2, 0.25) is 0 Å². The monoisotopic (exact) mass is 154 g/mol. The summed E-state index contributed by atoms with van der Waals surface area (Å²) in [5.41, 5.74) is 0. The van der Waals surface area contributed by atoms with Gasteiger partial charge in [-0.3, -0.25) is 4.79 Å². The molecule has 0 bridgehead atoms. The highest BCUT2D eigenvalue weighted by atomic mass is 16.5. The van der Waals surface area contributed by atoms with E-state index < -0.39 is 0 Å². The summed E-state index contributed by atoms with van der Waals surface area (Å²) >= 11 is 0. The smallest absolute Gasteiger partial charge is 0.234 e. The number of aromatic nitrogens is 2. The molecule has 0 N–H and O–H groups in total. The molecule has 1 heterocycles. The maximum atomic E-state index is 10.9. The van der Waals surface area contributed by atoms with E-state index in [0.29, 0.717) is 18.1 Å². The van der Waals surface area contributed by atoms with Crippen LogP contribution in [0.25, 0.3) is 0 Å². The third-order valence-electron chi connectivity index (χ3n) is 1.31. The van der Waals surface area contributed by atoms with Gasteiger partial charge in [0, 0.05) is 6.42 Å². The van der Waals surface area contributed by atoms with E-state index >= 15 is 0 Å². The molecule has 4 heteroatoms. The van der Waals surface area contributed by atoms with Gasteiger partial charge in [0.15, 0.2) is 5.82 Å². The number of ketones is 1. The first kappa shape index (κ1) is 7.91. The average Bonchev–Trinajstić information content (AvgIpc) is 2.35. The fourth-order valence-electron chi connectivity index (χ4n) is 0.706. The maximum absolute atomic E-state index is 10.9. The zero-order valence-electron chi connectivity index (χ0n) is 6.63. The van der Waals surface area contributed by atoms with Crippen molar-refractivity contribution in [3.8, 4) is 0 Å². The molecule has 0 aliphatic carbocycles. The molecule has 0 saturated heterocycles. The molecule has 0 amide bonds. The van der Waals surface area contributed by atoms with Crippen molar-refractivity contribution in [1.29, 1.82) is 0 Å². The van der Waals surface area contributed by atoms with Gasteiger partial charge in [0.25, 0.3) is 0 Å². The van der Waals surface area contributed by atoms with Crippen LogP contribution in [-0.2, 0) is 11.2 Å². The van der Waals surface area contributed by atoms with E-state index in [-0.39, 0.29) is 12.2 Å². The molecular weight excluding hydrogens is 144 g/mol. The molecule has 1 rings (SSSR count). The second-order valence-corrected chi connectivity index (χ2v) is 2.30. The van der Waals surface area contributed by atoms with Crippen molar-refractivity contribution < 1.29 is 9.32 Å². The van der Waals surface area contributed by atoms with Gasteiger partial charge in [-0.1, -0.05) is 12.1 Å². The first-order chi connectivity index (χ1) is 5.22. The molecule has 0 atom stereocenters. The molecule has 1 aromatic rings. The normalized spacial score (nSPS) is 10.0. The molecule has 0 spiro atoms. The van der Waals surface area contributed by atoms with Gasteiger partial charge in [-0.25, -0.2) is 0 Å². The third kappa shape index (κ3) is 2.14. The molecule has 0 aliphatic rings. The lowest BCUT2D eigenvalue weighted by Crippen LogP contribution is -2.00. The first-order valence-electron chi connectivity index (χ1n) is 3.53. The van der Waals surface area contributed by atoms with Gasteiger partial charge < -0.3 is 4.52 Å². The van der Waals surface area contributed by atoms with Crippen molar-refractivity contribution in [2.75, 3.05) is 0 Å². The zero-order valence-corrected chi connectivity index (χ0v) is 6.63. The number of nitrogens with zero attached hydrogens (tertiary/aromatic N) is 2. The summed E-state index contributed by atoms with van der Waals surface area (Å²) in [5, 5.41) is 3.57. The van der Waals surface area contributed by atoms with Gasteiger partial charge in [0.2, 0.25) is 5.89 Å². The maximum Gasteiger partial charge on any atom is 0.234 e. The molecule has 0 aliphatic heterocycles. The molecule has 60 valence electrons. The third-order valence-corrected chi connectivity index (χ3v) is 1.31. The van der Waals surface area contributed by atoms with Crippen molar-refractivity contribution in [1.82, 2.24) is 10.1 Å². The number of carbonyl (C=O) groups excluding carboxylic acids is 1. The first-order valence-corrected chi connectivity index (χ1v) is 3.53. The SMILES string of the molecule is CCC(=O)Cc1nc(C)no1. The Labute approximate surface area is 64.6 Å². The van der Waals surface area contributed by atoms with E-state index in [4.69, 9.17) is 4.52 Å². The van der Waals surface area contributed by atoms with Gasteiger partial charge in [0.1, 0.15) is 5.78 Å². The van der Waals surface area contributed by atoms with Gasteiger partial charge in [-0.15, -0.1) is 0 Å². The lowest BCUT2D eigenvalue weighted by molar-refractivity contribution is -0.118. The van der Waals surface area contributed by atoms with Crippen molar-refractivity contribution in [2.45, 2.75) is 26.7 Å². The van der Waals surface area contributed by atoms with Crippen LogP contribution >= 0.6 is 0 Å². The summed E-state index contributed by atoms with van der Waals surface area (Å²) < 4.78 is 4.75. The summed E-state index contributed by atoms with van der Waals surface area (Å²) in [6, 6.07) is 0. The molecule has 0 saturated carbocycles. The second kappa shape index (κ2) is 3.27. The molecule has 0 fully saturated rings. The fourth-order valence-corrected chi connectivity index (χ4v) is 0.706. The van der Waals surface area contributed by atoms with Crippen LogP contribution < -0.4 is 0 Å². The Bertz CT molecular complexity index is 255. The lowest BCUT2D eigenvalue weighted by atomic mass is 10.2. The van der Waals surface area contributed by atoms with Crippen molar-refractivity contribution in [3.63, 3.8) is 0 Å². The van der Waals surface area contributed by atoms with E-state index in [1.165, 1.54) is 0 Å². The van der Waals surface area contributed by atoms with Gasteiger partial charge in [-0.05, 0) is 6.92 Å². The van der Waals surface area contributed by atoms with Crippen LogP contribution in [0, 0.1) is 6.92 Å². The number of Topliss-reactive ketones (excluding diaryl/α,β-unsaturated/α-hetero) is 1. The number of carbonyl (C=O) groups is 1. The number of hydrogen-bond acceptors (Lipinski definition) is 4. The lowest BCUT2D eigenvalue weighted by Gasteiger charge is -1.87. The summed E-state index contributed by atoms with van der Waals surface area (Å²) in [6.07, 6.45) is 0.777. The van der Waals surface area contributed by atoms with E-state index in [2.05, 4.69) is 10.1 Å². The Morgan fingerprint density at radius 1 is 1.64 bits per heavy atom. The largest absolute Gasteiger partial charge is 0.339 e. The number of rotatable bonds is 3. The number of hydrogen-bond donors (Lipinski definition) is 0. The minimum Gasteiger partial charge on any atom is -0.339 e. The highest BCUT2D eigenvalue weighted by molar-refractivity contribution is 5.79. The predicted molar refractivity (Wildman–Crippen MR) is 38.0 cm³/mol. The summed E-state index contributed by atoms with van der Waals surface area (Å²) in [5.74, 6) is 1.10. The Kier molecular flexibility index (Phi) is 2.36. The number of aryl methyl sites for hydroxylation is 1. The van der Waals surface area contributed by atoms with Gasteiger partial charge in [-0.2, -0.15) is 4.98 Å². The quantitative estimate of drug-likeness (QED) is 0.649. The Morgan fingerprint density at radius 2 is 2.36 bits per heavy atom. The standard InChI is InChI=1S/C7H10N2O2/c1-3-6(10)4-7-8-5(2)9-11-7/h3-4H2,1-2H3. The van der Waals surface area contributed by atoms with Gasteiger partial charge in [0.05, 0.1) is 6.42 Å². The average molecular weight is 154 g/mol. The molecular formula is C7H10N2O2.